The molecule has 0 bridgehead atoms. The van der Waals surface area contributed by atoms with Crippen LogP contribution in [0, 0.1) is 0 Å². The van der Waals surface area contributed by atoms with Crippen molar-refractivity contribution in [2.75, 3.05) is 0 Å². The number of thiazole rings is 1. The lowest BCUT2D eigenvalue weighted by Crippen LogP contribution is -1.90. The summed E-state index contributed by atoms with van der Waals surface area (Å²) >= 11 is 3.26. The molecule has 0 aromatic carbocycles. The molecule has 3 aromatic rings. The molecule has 17 heavy (non-hydrogen) atoms. The average Bonchev–Trinajstić information content (AvgIpc) is 3.09. The van der Waals surface area contributed by atoms with Crippen LogP contribution < -0.4 is 0 Å². The topological polar surface area (TPSA) is 51.8 Å². The molecular formula is C11H9N3OS2. The first-order valence-corrected chi connectivity index (χ1v) is 6.92. The van der Waals surface area contributed by atoms with E-state index in [1.165, 1.54) is 0 Å². The lowest BCUT2D eigenvalue weighted by atomic mass is 10.3. The summed E-state index contributed by atoms with van der Waals surface area (Å²) < 4.78 is 5.21. The van der Waals surface area contributed by atoms with Gasteiger partial charge in [-0.25, -0.2) is 4.98 Å². The molecule has 0 saturated heterocycles. The van der Waals surface area contributed by atoms with Gasteiger partial charge >= 0.3 is 0 Å². The number of rotatable bonds is 4. The van der Waals surface area contributed by atoms with Gasteiger partial charge in [0.2, 0.25) is 11.7 Å². The molecule has 0 aliphatic heterocycles. The second-order valence-electron chi connectivity index (χ2n) is 3.41. The SMILES string of the molecule is c1csc(-c2noc(CCc3nccs3)n2)c1. The van der Waals surface area contributed by atoms with Crippen LogP contribution in [-0.2, 0) is 12.8 Å². The van der Waals surface area contributed by atoms with Gasteiger partial charge in [0, 0.05) is 24.4 Å². The van der Waals surface area contributed by atoms with Crippen LogP contribution >= 0.6 is 22.7 Å². The molecule has 3 heterocycles. The van der Waals surface area contributed by atoms with Crippen molar-refractivity contribution in [2.45, 2.75) is 12.8 Å². The van der Waals surface area contributed by atoms with Crippen molar-refractivity contribution in [3.05, 3.63) is 40.0 Å². The van der Waals surface area contributed by atoms with Gasteiger partial charge in [0.25, 0.3) is 0 Å². The number of hydrogen-bond donors (Lipinski definition) is 0. The van der Waals surface area contributed by atoms with Crippen molar-refractivity contribution < 1.29 is 4.52 Å². The quantitative estimate of drug-likeness (QED) is 0.726. The van der Waals surface area contributed by atoms with Crippen LogP contribution in [0.3, 0.4) is 0 Å². The molecule has 3 rings (SSSR count). The molecule has 0 amide bonds. The van der Waals surface area contributed by atoms with Crippen LogP contribution in [0.5, 0.6) is 0 Å². The number of nitrogens with zero attached hydrogens (tertiary/aromatic N) is 3. The van der Waals surface area contributed by atoms with E-state index in [0.29, 0.717) is 11.7 Å². The van der Waals surface area contributed by atoms with Gasteiger partial charge in [-0.05, 0) is 11.4 Å². The lowest BCUT2D eigenvalue weighted by Gasteiger charge is -1.89. The average molecular weight is 263 g/mol. The Hall–Kier alpha value is -1.53. The van der Waals surface area contributed by atoms with E-state index in [2.05, 4.69) is 15.1 Å². The van der Waals surface area contributed by atoms with Gasteiger partial charge in [0.15, 0.2) is 0 Å². The predicted molar refractivity (Wildman–Crippen MR) is 67.1 cm³/mol. The van der Waals surface area contributed by atoms with Gasteiger partial charge in [-0.2, -0.15) is 4.98 Å². The lowest BCUT2D eigenvalue weighted by molar-refractivity contribution is 0.379. The van der Waals surface area contributed by atoms with Crippen LogP contribution in [0.15, 0.2) is 33.6 Å². The van der Waals surface area contributed by atoms with Crippen molar-refractivity contribution in [2.24, 2.45) is 0 Å². The third kappa shape index (κ3) is 2.42. The summed E-state index contributed by atoms with van der Waals surface area (Å²) in [5.41, 5.74) is 0. The molecule has 0 fully saturated rings. The Morgan fingerprint density at radius 1 is 1.18 bits per heavy atom. The molecule has 0 N–H and O–H groups in total. The predicted octanol–water partition coefficient (Wildman–Crippen LogP) is 3.04. The summed E-state index contributed by atoms with van der Waals surface area (Å²) in [5, 5.41) is 9.04. The van der Waals surface area contributed by atoms with Gasteiger partial charge in [-0.1, -0.05) is 11.2 Å². The van der Waals surface area contributed by atoms with Gasteiger partial charge in [0.1, 0.15) is 0 Å². The van der Waals surface area contributed by atoms with E-state index in [0.717, 1.165) is 22.7 Å². The summed E-state index contributed by atoms with van der Waals surface area (Å²) in [6, 6.07) is 3.96. The van der Waals surface area contributed by atoms with Crippen LogP contribution in [-0.4, -0.2) is 15.1 Å². The maximum atomic E-state index is 5.21. The van der Waals surface area contributed by atoms with Crippen molar-refractivity contribution >= 4 is 22.7 Å². The molecule has 0 radical (unpaired) electrons. The third-order valence-corrected chi connectivity index (χ3v) is 3.95. The molecule has 0 aliphatic rings. The number of aromatic nitrogens is 3. The molecule has 6 heteroatoms. The highest BCUT2D eigenvalue weighted by molar-refractivity contribution is 7.13. The highest BCUT2D eigenvalue weighted by atomic mass is 32.1. The van der Waals surface area contributed by atoms with Crippen LogP contribution in [0.1, 0.15) is 10.9 Å². The highest BCUT2D eigenvalue weighted by Gasteiger charge is 2.09. The zero-order valence-electron chi connectivity index (χ0n) is 8.87. The van der Waals surface area contributed by atoms with Crippen LogP contribution in [0.2, 0.25) is 0 Å². The zero-order chi connectivity index (χ0) is 11.5. The van der Waals surface area contributed by atoms with E-state index in [1.807, 2.05) is 29.1 Å². The number of aryl methyl sites for hydroxylation is 2. The van der Waals surface area contributed by atoms with Gasteiger partial charge in [-0.3, -0.25) is 0 Å². The van der Waals surface area contributed by atoms with Crippen LogP contribution in [0.4, 0.5) is 0 Å². The Morgan fingerprint density at radius 3 is 2.94 bits per heavy atom. The Labute approximate surface area is 106 Å². The zero-order valence-corrected chi connectivity index (χ0v) is 10.5. The van der Waals surface area contributed by atoms with Crippen molar-refractivity contribution in [1.29, 1.82) is 0 Å². The van der Waals surface area contributed by atoms with Gasteiger partial charge in [0.05, 0.1) is 9.88 Å². The molecule has 4 nitrogen and oxygen atoms in total. The van der Waals surface area contributed by atoms with E-state index in [9.17, 15) is 0 Å². The van der Waals surface area contributed by atoms with E-state index in [1.54, 1.807) is 22.7 Å². The molecule has 0 spiro atoms. The molecule has 0 saturated carbocycles. The fraction of sp³-hybridized carbons (Fsp3) is 0.182. The van der Waals surface area contributed by atoms with Gasteiger partial charge in [-0.15, -0.1) is 22.7 Å². The highest BCUT2D eigenvalue weighted by Crippen LogP contribution is 2.21. The second-order valence-corrected chi connectivity index (χ2v) is 5.34. The molecule has 0 aliphatic carbocycles. The number of thiophene rings is 1. The van der Waals surface area contributed by atoms with E-state index in [4.69, 9.17) is 4.52 Å². The summed E-state index contributed by atoms with van der Waals surface area (Å²) in [5.74, 6) is 1.35. The number of hydrogen-bond acceptors (Lipinski definition) is 6. The maximum absolute atomic E-state index is 5.21. The Kier molecular flexibility index (Phi) is 2.98. The molecule has 0 unspecified atom stereocenters. The summed E-state index contributed by atoms with van der Waals surface area (Å²) in [4.78, 5) is 9.62. The van der Waals surface area contributed by atoms with E-state index < -0.39 is 0 Å². The van der Waals surface area contributed by atoms with Gasteiger partial charge < -0.3 is 4.52 Å². The normalized spacial score (nSPS) is 10.8. The largest absolute Gasteiger partial charge is 0.339 e. The Bertz CT molecular complexity index is 572. The van der Waals surface area contributed by atoms with Crippen molar-refractivity contribution in [1.82, 2.24) is 15.1 Å². The molecule has 86 valence electrons. The van der Waals surface area contributed by atoms with Crippen molar-refractivity contribution in [3.8, 4) is 10.7 Å². The fourth-order valence-corrected chi connectivity index (χ4v) is 2.72. The van der Waals surface area contributed by atoms with E-state index in [-0.39, 0.29) is 0 Å². The monoisotopic (exact) mass is 263 g/mol. The molecule has 0 atom stereocenters. The third-order valence-electron chi connectivity index (χ3n) is 2.25. The smallest absolute Gasteiger partial charge is 0.227 e. The minimum absolute atomic E-state index is 0.670. The fourth-order valence-electron chi connectivity index (χ4n) is 1.45. The first-order chi connectivity index (χ1) is 8.42. The maximum Gasteiger partial charge on any atom is 0.227 e. The Morgan fingerprint density at radius 2 is 2.18 bits per heavy atom. The second kappa shape index (κ2) is 4.77. The summed E-state index contributed by atoms with van der Waals surface area (Å²) in [6.45, 7) is 0. The van der Waals surface area contributed by atoms with Crippen molar-refractivity contribution in [3.63, 3.8) is 0 Å². The minimum atomic E-state index is 0.670. The first kappa shape index (κ1) is 10.6. The van der Waals surface area contributed by atoms with E-state index >= 15 is 0 Å². The minimum Gasteiger partial charge on any atom is -0.339 e. The molecular weight excluding hydrogens is 254 g/mol. The standard InChI is InChI=1S/C11H9N3OS2/c1-2-8(16-6-1)11-13-9(15-14-11)3-4-10-12-5-7-17-10/h1-2,5-7H,3-4H2. The first-order valence-electron chi connectivity index (χ1n) is 5.16. The molecule has 3 aromatic heterocycles. The summed E-state index contributed by atoms with van der Waals surface area (Å²) in [7, 11) is 0. The summed E-state index contributed by atoms with van der Waals surface area (Å²) in [6.07, 6.45) is 3.40. The van der Waals surface area contributed by atoms with Crippen LogP contribution in [0.25, 0.3) is 10.7 Å². The Balaban J connectivity index is 1.69.